The molecule has 0 unspecified atom stereocenters. The highest BCUT2D eigenvalue weighted by molar-refractivity contribution is 5.90. The lowest BCUT2D eigenvalue weighted by Crippen LogP contribution is -2.50. The molecule has 2 aliphatic rings. The van der Waals surface area contributed by atoms with Gasteiger partial charge in [-0.15, -0.1) is 0 Å². The van der Waals surface area contributed by atoms with Gasteiger partial charge in [0.2, 0.25) is 5.91 Å². The van der Waals surface area contributed by atoms with E-state index in [0.717, 1.165) is 33.4 Å². The molecule has 2 fully saturated rings. The Morgan fingerprint density at radius 3 is 2.35 bits per heavy atom. The van der Waals surface area contributed by atoms with Crippen LogP contribution in [0, 0.1) is 5.92 Å². The zero-order chi connectivity index (χ0) is 39.3. The molecule has 2 aliphatic heterocycles. The van der Waals surface area contributed by atoms with Gasteiger partial charge in [0.05, 0.1) is 24.9 Å². The molecule has 4 N–H and O–H groups in total. The van der Waals surface area contributed by atoms with Crippen LogP contribution in [-0.4, -0.2) is 81.9 Å². The average molecular weight is 762 g/mol. The Hall–Kier alpha value is -4.79. The van der Waals surface area contributed by atoms with E-state index in [0.29, 0.717) is 30.0 Å². The molecular formula is C42H46F3N3O7. The van der Waals surface area contributed by atoms with Gasteiger partial charge >= 0.3 is 12.1 Å². The van der Waals surface area contributed by atoms with Crippen LogP contribution in [0.5, 0.6) is 5.75 Å². The van der Waals surface area contributed by atoms with Gasteiger partial charge in [0.1, 0.15) is 11.8 Å². The van der Waals surface area contributed by atoms with E-state index in [9.17, 15) is 38.1 Å². The summed E-state index contributed by atoms with van der Waals surface area (Å²) in [6.45, 7) is 2.70. The Balaban J connectivity index is 1.18. The van der Waals surface area contributed by atoms with Gasteiger partial charge in [-0.05, 0) is 77.5 Å². The molecule has 10 nitrogen and oxygen atoms in total. The molecule has 4 aromatic carbocycles. The van der Waals surface area contributed by atoms with Gasteiger partial charge in [0, 0.05) is 37.7 Å². The quantitative estimate of drug-likeness (QED) is 0.135. The SMILES string of the molecule is C[C@@H]1[C@H](CN(C)C[C@@H](O)c2cccc(O)c2)O[C@H](c2cccc(-c3cccc(CNC(=O)[C@@H]4CCCN4C(=O)C(F)(F)F)c3)c2)O[C@@H]1c1ccc(CO)cc1. The molecule has 13 heteroatoms. The Morgan fingerprint density at radius 1 is 0.927 bits per heavy atom. The smallest absolute Gasteiger partial charge is 0.471 e. The predicted octanol–water partition coefficient (Wildman–Crippen LogP) is 6.18. The lowest BCUT2D eigenvalue weighted by Gasteiger charge is -2.42. The van der Waals surface area contributed by atoms with Crippen LogP contribution in [0.3, 0.4) is 0 Å². The first-order valence-electron chi connectivity index (χ1n) is 18.3. The first-order valence-corrected chi connectivity index (χ1v) is 18.3. The maximum Gasteiger partial charge on any atom is 0.471 e. The summed E-state index contributed by atoms with van der Waals surface area (Å²) in [4.78, 5) is 27.4. The van der Waals surface area contributed by atoms with Crippen molar-refractivity contribution in [2.75, 3.05) is 26.7 Å². The van der Waals surface area contributed by atoms with Crippen LogP contribution >= 0.6 is 0 Å². The summed E-state index contributed by atoms with van der Waals surface area (Å²) in [5.41, 5.74) is 5.49. The van der Waals surface area contributed by atoms with Crippen molar-refractivity contribution in [3.8, 4) is 16.9 Å². The van der Waals surface area contributed by atoms with Crippen molar-refractivity contribution in [1.82, 2.24) is 15.1 Å². The van der Waals surface area contributed by atoms with Crippen LogP contribution < -0.4 is 5.32 Å². The number of aliphatic hydroxyl groups is 2. The van der Waals surface area contributed by atoms with E-state index in [1.54, 1.807) is 30.3 Å². The molecule has 292 valence electrons. The van der Waals surface area contributed by atoms with E-state index < -0.39 is 36.4 Å². The molecular weight excluding hydrogens is 715 g/mol. The minimum absolute atomic E-state index is 0.0652. The molecule has 0 saturated carbocycles. The molecule has 55 heavy (non-hydrogen) atoms. The number of likely N-dealkylation sites (tertiary alicyclic amines) is 1. The van der Waals surface area contributed by atoms with Crippen molar-refractivity contribution >= 4 is 11.8 Å². The summed E-state index contributed by atoms with van der Waals surface area (Å²) in [5.74, 6) is -2.65. The number of ether oxygens (including phenoxy) is 2. The molecule has 6 atom stereocenters. The number of nitrogens with one attached hydrogen (secondary N) is 1. The summed E-state index contributed by atoms with van der Waals surface area (Å²) >= 11 is 0. The van der Waals surface area contributed by atoms with Gasteiger partial charge in [-0.2, -0.15) is 13.2 Å². The molecule has 0 bridgehead atoms. The van der Waals surface area contributed by atoms with Gasteiger partial charge < -0.3 is 39.9 Å². The Labute approximate surface area is 318 Å². The number of hydrogen-bond donors (Lipinski definition) is 4. The number of likely N-dealkylation sites (N-methyl/N-ethyl adjacent to an activating group) is 1. The van der Waals surface area contributed by atoms with Crippen LogP contribution in [0.15, 0.2) is 97.1 Å². The van der Waals surface area contributed by atoms with Crippen molar-refractivity contribution in [2.24, 2.45) is 5.92 Å². The first kappa shape index (κ1) is 39.9. The largest absolute Gasteiger partial charge is 0.508 e. The second-order valence-electron chi connectivity index (χ2n) is 14.4. The van der Waals surface area contributed by atoms with Crippen molar-refractivity contribution in [2.45, 2.75) is 69.7 Å². The standard InChI is InChI=1S/C42H46F3N3O7/c1-26-37(24-47(2)23-36(51)32-10-5-12-34(50)21-32)54-40(55-38(26)29-16-14-27(25-49)15-17-29)33-11-4-9-31(20-33)30-8-3-7-28(19-30)22-46-39(52)35-13-6-18-48(35)41(53)42(43,44)45/h3-5,7-12,14-17,19-21,26,35-38,40,49-51H,6,13,18,22-25H2,1-2H3,(H,46,52)/t26-,35+,36-,37+,38+,40+/m1/s1. The monoisotopic (exact) mass is 761 g/mol. The van der Waals surface area contributed by atoms with E-state index in [1.165, 1.54) is 0 Å². The Morgan fingerprint density at radius 2 is 1.64 bits per heavy atom. The third kappa shape index (κ3) is 9.72. The number of phenolic OH excluding ortho intramolecular Hbond substituents is 1. The van der Waals surface area contributed by atoms with Crippen molar-refractivity contribution in [1.29, 1.82) is 0 Å². The number of benzene rings is 4. The fourth-order valence-corrected chi connectivity index (χ4v) is 7.32. The zero-order valence-electron chi connectivity index (χ0n) is 30.7. The minimum atomic E-state index is -5.04. The van der Waals surface area contributed by atoms with Crippen molar-refractivity contribution in [3.63, 3.8) is 0 Å². The number of hydrogen-bond acceptors (Lipinski definition) is 8. The summed E-state index contributed by atoms with van der Waals surface area (Å²) in [7, 11) is 1.90. The highest BCUT2D eigenvalue weighted by Crippen LogP contribution is 2.42. The highest BCUT2D eigenvalue weighted by Gasteiger charge is 2.47. The Bertz CT molecular complexity index is 1940. The van der Waals surface area contributed by atoms with Gasteiger partial charge in [0.25, 0.3) is 0 Å². The van der Waals surface area contributed by atoms with Crippen LogP contribution in [0.2, 0.25) is 0 Å². The number of amides is 2. The fraction of sp³-hybridized carbons (Fsp3) is 0.381. The summed E-state index contributed by atoms with van der Waals surface area (Å²) in [6.07, 6.45) is -6.83. The van der Waals surface area contributed by atoms with E-state index in [4.69, 9.17) is 9.47 Å². The lowest BCUT2D eigenvalue weighted by molar-refractivity contribution is -0.276. The molecule has 2 saturated heterocycles. The minimum Gasteiger partial charge on any atom is -0.508 e. The second-order valence-corrected chi connectivity index (χ2v) is 14.4. The second kappa shape index (κ2) is 17.3. The van der Waals surface area contributed by atoms with Crippen molar-refractivity contribution < 1.29 is 47.6 Å². The van der Waals surface area contributed by atoms with Gasteiger partial charge in [-0.3, -0.25) is 9.59 Å². The van der Waals surface area contributed by atoms with Gasteiger partial charge in [-0.25, -0.2) is 0 Å². The molecule has 6 rings (SSSR count). The topological polar surface area (TPSA) is 132 Å². The van der Waals surface area contributed by atoms with E-state index >= 15 is 0 Å². The number of halogens is 3. The van der Waals surface area contributed by atoms with Crippen LogP contribution in [-0.2, 0) is 32.2 Å². The predicted molar refractivity (Wildman–Crippen MR) is 198 cm³/mol. The molecule has 0 aromatic heterocycles. The number of aromatic hydroxyl groups is 1. The molecule has 2 heterocycles. The molecule has 2 amide bonds. The summed E-state index contributed by atoms with van der Waals surface area (Å²) in [6, 6.07) is 28.2. The summed E-state index contributed by atoms with van der Waals surface area (Å²) in [5, 5.41) is 33.2. The van der Waals surface area contributed by atoms with Gasteiger partial charge in [0.15, 0.2) is 6.29 Å². The summed E-state index contributed by atoms with van der Waals surface area (Å²) < 4.78 is 52.6. The average Bonchev–Trinajstić information content (AvgIpc) is 3.67. The number of aliphatic hydroxyl groups excluding tert-OH is 2. The molecule has 4 aromatic rings. The molecule has 0 aliphatic carbocycles. The highest BCUT2D eigenvalue weighted by atomic mass is 19.4. The number of rotatable bonds is 12. The van der Waals surface area contributed by atoms with E-state index in [2.05, 4.69) is 12.2 Å². The maximum absolute atomic E-state index is 13.1. The number of nitrogens with zero attached hydrogens (tertiary/aromatic N) is 2. The fourth-order valence-electron chi connectivity index (χ4n) is 7.32. The normalized spacial score (nSPS) is 22.1. The zero-order valence-corrected chi connectivity index (χ0v) is 30.7. The molecule has 0 spiro atoms. The van der Waals surface area contributed by atoms with Crippen molar-refractivity contribution in [3.05, 3.63) is 125 Å². The molecule has 0 radical (unpaired) electrons. The number of carbonyl (C=O) groups excluding carboxylic acids is 2. The van der Waals surface area contributed by atoms with Crippen LogP contribution in [0.4, 0.5) is 13.2 Å². The maximum atomic E-state index is 13.1. The Kier molecular flexibility index (Phi) is 12.6. The lowest BCUT2D eigenvalue weighted by atomic mass is 9.89. The number of alkyl halides is 3. The van der Waals surface area contributed by atoms with Crippen LogP contribution in [0.1, 0.15) is 66.1 Å². The van der Waals surface area contributed by atoms with Gasteiger partial charge in [-0.1, -0.05) is 79.7 Å². The third-order valence-electron chi connectivity index (χ3n) is 10.3. The number of carbonyl (C=O) groups is 2. The third-order valence-corrected chi connectivity index (χ3v) is 10.3. The first-order chi connectivity index (χ1) is 26.3. The van der Waals surface area contributed by atoms with E-state index in [1.807, 2.05) is 78.7 Å². The number of phenols is 1. The van der Waals surface area contributed by atoms with Crippen LogP contribution in [0.25, 0.3) is 11.1 Å². The van der Waals surface area contributed by atoms with E-state index in [-0.39, 0.29) is 50.0 Å².